The summed E-state index contributed by atoms with van der Waals surface area (Å²) < 4.78 is 12.6. The first-order chi connectivity index (χ1) is 5.81. The lowest BCUT2D eigenvalue weighted by atomic mass is 10.3. The SMILES string of the molecule is NCc1nc(F)nc2nc[nH]c12. The van der Waals surface area contributed by atoms with Crippen LogP contribution in [-0.2, 0) is 6.54 Å². The molecule has 2 rings (SSSR count). The lowest BCUT2D eigenvalue weighted by Crippen LogP contribution is -2.04. The molecule has 0 spiro atoms. The van der Waals surface area contributed by atoms with Crippen molar-refractivity contribution in [3.8, 4) is 0 Å². The second kappa shape index (κ2) is 2.49. The molecule has 0 atom stereocenters. The highest BCUT2D eigenvalue weighted by molar-refractivity contribution is 5.71. The fourth-order valence-corrected chi connectivity index (χ4v) is 1.01. The van der Waals surface area contributed by atoms with Gasteiger partial charge in [0, 0.05) is 6.54 Å². The third-order valence-electron chi connectivity index (χ3n) is 1.53. The van der Waals surface area contributed by atoms with Crippen LogP contribution in [0.25, 0.3) is 11.2 Å². The van der Waals surface area contributed by atoms with Crippen molar-refractivity contribution in [3.05, 3.63) is 18.1 Å². The van der Waals surface area contributed by atoms with Crippen LogP contribution in [0.1, 0.15) is 5.69 Å². The number of nitrogens with one attached hydrogen (secondary N) is 1. The molecular weight excluding hydrogens is 161 g/mol. The molecule has 0 fully saturated rings. The van der Waals surface area contributed by atoms with Gasteiger partial charge in [0.05, 0.1) is 12.0 Å². The molecule has 0 saturated carbocycles. The summed E-state index contributed by atoms with van der Waals surface area (Å²) in [6.07, 6.45) is 0.632. The molecule has 0 aliphatic carbocycles. The van der Waals surface area contributed by atoms with Crippen molar-refractivity contribution in [2.45, 2.75) is 6.54 Å². The molecule has 0 saturated heterocycles. The predicted octanol–water partition coefficient (Wildman–Crippen LogP) is -0.0493. The number of nitrogens with two attached hydrogens (primary N) is 1. The molecule has 0 aliphatic heterocycles. The molecule has 0 aromatic carbocycles. The van der Waals surface area contributed by atoms with Crippen molar-refractivity contribution in [1.82, 2.24) is 19.9 Å². The van der Waals surface area contributed by atoms with Crippen molar-refractivity contribution < 1.29 is 4.39 Å². The second-order valence-electron chi connectivity index (χ2n) is 2.24. The van der Waals surface area contributed by atoms with Crippen LogP contribution in [0.3, 0.4) is 0 Å². The van der Waals surface area contributed by atoms with Crippen molar-refractivity contribution in [2.24, 2.45) is 5.73 Å². The normalized spacial score (nSPS) is 10.8. The van der Waals surface area contributed by atoms with E-state index in [1.165, 1.54) is 6.33 Å². The minimum atomic E-state index is -0.796. The maximum atomic E-state index is 12.6. The zero-order chi connectivity index (χ0) is 8.55. The number of fused-ring (bicyclic) bond motifs is 1. The molecule has 0 amide bonds. The monoisotopic (exact) mass is 167 g/mol. The molecule has 12 heavy (non-hydrogen) atoms. The lowest BCUT2D eigenvalue weighted by Gasteiger charge is -1.95. The summed E-state index contributed by atoms with van der Waals surface area (Å²) in [5.74, 6) is 0. The smallest absolute Gasteiger partial charge is 0.311 e. The second-order valence-corrected chi connectivity index (χ2v) is 2.24. The van der Waals surface area contributed by atoms with Gasteiger partial charge in [-0.1, -0.05) is 0 Å². The van der Waals surface area contributed by atoms with E-state index in [1.807, 2.05) is 0 Å². The summed E-state index contributed by atoms with van der Waals surface area (Å²) in [6.45, 7) is 0.165. The standard InChI is InChI=1S/C6H6FN5/c7-6-11-3(1-8)4-5(12-6)10-2-9-4/h2H,1,8H2,(H,9,10,11,12). The Morgan fingerprint density at radius 2 is 2.33 bits per heavy atom. The number of rotatable bonds is 1. The minimum absolute atomic E-state index is 0.165. The van der Waals surface area contributed by atoms with E-state index in [9.17, 15) is 4.39 Å². The van der Waals surface area contributed by atoms with E-state index in [1.54, 1.807) is 0 Å². The molecule has 3 N–H and O–H groups in total. The quantitative estimate of drug-likeness (QED) is 0.583. The summed E-state index contributed by atoms with van der Waals surface area (Å²) in [5.41, 5.74) is 6.68. The van der Waals surface area contributed by atoms with Gasteiger partial charge in [-0.2, -0.15) is 9.37 Å². The number of aromatic amines is 1. The summed E-state index contributed by atoms with van der Waals surface area (Å²) in [4.78, 5) is 13.6. The van der Waals surface area contributed by atoms with Gasteiger partial charge in [0.2, 0.25) is 0 Å². The average Bonchev–Trinajstić information content (AvgIpc) is 2.50. The summed E-state index contributed by atoms with van der Waals surface area (Å²) in [6, 6.07) is 0. The van der Waals surface area contributed by atoms with Crippen LogP contribution in [0.5, 0.6) is 0 Å². The van der Waals surface area contributed by atoms with Gasteiger partial charge < -0.3 is 10.7 Å². The molecule has 2 aromatic heterocycles. The van der Waals surface area contributed by atoms with E-state index >= 15 is 0 Å². The largest absolute Gasteiger partial charge is 0.342 e. The minimum Gasteiger partial charge on any atom is -0.342 e. The predicted molar refractivity (Wildman–Crippen MR) is 39.5 cm³/mol. The van der Waals surface area contributed by atoms with Crippen LogP contribution >= 0.6 is 0 Å². The van der Waals surface area contributed by atoms with Gasteiger partial charge in [-0.15, -0.1) is 0 Å². The summed E-state index contributed by atoms with van der Waals surface area (Å²) in [7, 11) is 0. The Morgan fingerprint density at radius 1 is 1.50 bits per heavy atom. The topological polar surface area (TPSA) is 80.5 Å². The zero-order valence-electron chi connectivity index (χ0n) is 6.08. The molecular formula is C6H6FN5. The van der Waals surface area contributed by atoms with Crippen LogP contribution < -0.4 is 5.73 Å². The van der Waals surface area contributed by atoms with Gasteiger partial charge in [0.1, 0.15) is 5.52 Å². The Morgan fingerprint density at radius 3 is 3.08 bits per heavy atom. The van der Waals surface area contributed by atoms with Crippen molar-refractivity contribution in [1.29, 1.82) is 0 Å². The number of hydrogen-bond acceptors (Lipinski definition) is 4. The molecule has 6 heteroatoms. The molecule has 2 heterocycles. The van der Waals surface area contributed by atoms with Crippen LogP contribution in [-0.4, -0.2) is 19.9 Å². The number of hydrogen-bond donors (Lipinski definition) is 2. The van der Waals surface area contributed by atoms with E-state index in [-0.39, 0.29) is 6.54 Å². The molecule has 2 aromatic rings. The highest BCUT2D eigenvalue weighted by Gasteiger charge is 2.06. The van der Waals surface area contributed by atoms with E-state index in [0.717, 1.165) is 0 Å². The van der Waals surface area contributed by atoms with Crippen LogP contribution in [0.4, 0.5) is 4.39 Å². The summed E-state index contributed by atoms with van der Waals surface area (Å²) in [5, 5.41) is 0. The van der Waals surface area contributed by atoms with Crippen LogP contribution in [0.15, 0.2) is 6.33 Å². The van der Waals surface area contributed by atoms with Gasteiger partial charge >= 0.3 is 6.08 Å². The average molecular weight is 167 g/mol. The van der Waals surface area contributed by atoms with Crippen molar-refractivity contribution in [3.63, 3.8) is 0 Å². The molecule has 0 radical (unpaired) electrons. The molecule has 0 unspecified atom stereocenters. The Bertz CT molecular complexity index is 409. The van der Waals surface area contributed by atoms with Crippen molar-refractivity contribution >= 4 is 11.2 Å². The number of nitrogens with zero attached hydrogens (tertiary/aromatic N) is 3. The molecule has 0 bridgehead atoms. The van der Waals surface area contributed by atoms with Crippen LogP contribution in [0.2, 0.25) is 0 Å². The number of H-pyrrole nitrogens is 1. The zero-order valence-corrected chi connectivity index (χ0v) is 6.08. The maximum absolute atomic E-state index is 12.6. The number of imidazole rings is 1. The van der Waals surface area contributed by atoms with Crippen LogP contribution in [0, 0.1) is 6.08 Å². The molecule has 62 valence electrons. The lowest BCUT2D eigenvalue weighted by molar-refractivity contribution is 0.538. The fourth-order valence-electron chi connectivity index (χ4n) is 1.01. The first-order valence-corrected chi connectivity index (χ1v) is 3.37. The molecule has 5 nitrogen and oxygen atoms in total. The third-order valence-corrected chi connectivity index (χ3v) is 1.53. The first kappa shape index (κ1) is 7.11. The van der Waals surface area contributed by atoms with Gasteiger partial charge in [-0.25, -0.2) is 9.97 Å². The van der Waals surface area contributed by atoms with E-state index in [0.29, 0.717) is 16.9 Å². The maximum Gasteiger partial charge on any atom is 0.311 e. The van der Waals surface area contributed by atoms with Gasteiger partial charge in [-0.05, 0) is 0 Å². The molecule has 0 aliphatic rings. The number of aromatic nitrogens is 4. The Balaban J connectivity index is 2.80. The summed E-state index contributed by atoms with van der Waals surface area (Å²) >= 11 is 0. The van der Waals surface area contributed by atoms with E-state index in [2.05, 4.69) is 19.9 Å². The van der Waals surface area contributed by atoms with Gasteiger partial charge in [0.15, 0.2) is 5.65 Å². The van der Waals surface area contributed by atoms with Crippen molar-refractivity contribution in [2.75, 3.05) is 0 Å². The fraction of sp³-hybridized carbons (Fsp3) is 0.167. The van der Waals surface area contributed by atoms with Gasteiger partial charge in [-0.3, -0.25) is 0 Å². The highest BCUT2D eigenvalue weighted by Crippen LogP contribution is 2.09. The third kappa shape index (κ3) is 0.928. The van der Waals surface area contributed by atoms with Gasteiger partial charge in [0.25, 0.3) is 0 Å². The van der Waals surface area contributed by atoms with E-state index < -0.39 is 6.08 Å². The van der Waals surface area contributed by atoms with E-state index in [4.69, 9.17) is 5.73 Å². The highest BCUT2D eigenvalue weighted by atomic mass is 19.1. The number of halogens is 1. The Kier molecular flexibility index (Phi) is 1.47. The first-order valence-electron chi connectivity index (χ1n) is 3.37. The Hall–Kier alpha value is -1.56. The Labute approximate surface area is 66.9 Å².